The summed E-state index contributed by atoms with van der Waals surface area (Å²) in [7, 11) is -3.55. The Morgan fingerprint density at radius 1 is 1.26 bits per heavy atom. The second-order valence-electron chi connectivity index (χ2n) is 7.06. The Bertz CT molecular complexity index is 1080. The lowest BCUT2D eigenvalue weighted by Gasteiger charge is -2.41. The van der Waals surface area contributed by atoms with Crippen molar-refractivity contribution in [3.8, 4) is 0 Å². The molecule has 2 aromatic heterocycles. The number of pyridine rings is 1. The van der Waals surface area contributed by atoms with Crippen LogP contribution in [0.15, 0.2) is 52.3 Å². The number of anilines is 1. The first-order valence-corrected chi connectivity index (χ1v) is 10.6. The standard InChI is InChI=1S/C19H20ClN3O3S/c1-12(2)15-3-4-18(17-8-21-19(20)7-16(15)17)23-9-13(10-23)22-27(24,25)14-5-6-26-11-14/h3-8,11-13,22H,9-10H2,1-2H3. The lowest BCUT2D eigenvalue weighted by Crippen LogP contribution is -2.59. The first kappa shape index (κ1) is 18.3. The van der Waals surface area contributed by atoms with Crippen LogP contribution in [0.5, 0.6) is 0 Å². The first-order valence-electron chi connectivity index (χ1n) is 8.73. The van der Waals surface area contributed by atoms with Crippen molar-refractivity contribution in [1.82, 2.24) is 9.71 Å². The number of aromatic nitrogens is 1. The molecule has 1 aromatic carbocycles. The number of sulfonamides is 1. The third kappa shape index (κ3) is 3.42. The summed E-state index contributed by atoms with van der Waals surface area (Å²) >= 11 is 6.11. The molecule has 1 saturated heterocycles. The molecule has 1 aliphatic heterocycles. The molecule has 0 saturated carbocycles. The fourth-order valence-electron chi connectivity index (χ4n) is 3.44. The SMILES string of the molecule is CC(C)c1ccc(N2CC(NS(=O)(=O)c3ccoc3)C2)c2cnc(Cl)cc12. The average molecular weight is 406 g/mol. The smallest absolute Gasteiger partial charge is 0.244 e. The number of nitrogens with zero attached hydrogens (tertiary/aromatic N) is 2. The van der Waals surface area contributed by atoms with E-state index in [9.17, 15) is 8.42 Å². The zero-order valence-corrected chi connectivity index (χ0v) is 16.6. The summed E-state index contributed by atoms with van der Waals surface area (Å²) in [5, 5.41) is 2.59. The molecule has 27 heavy (non-hydrogen) atoms. The largest absolute Gasteiger partial charge is 0.471 e. The van der Waals surface area contributed by atoms with Crippen LogP contribution < -0.4 is 9.62 Å². The summed E-state index contributed by atoms with van der Waals surface area (Å²) < 4.78 is 32.2. The van der Waals surface area contributed by atoms with Gasteiger partial charge in [-0.1, -0.05) is 31.5 Å². The van der Waals surface area contributed by atoms with Crippen LogP contribution in [-0.2, 0) is 10.0 Å². The van der Waals surface area contributed by atoms with E-state index in [0.29, 0.717) is 24.2 Å². The Morgan fingerprint density at radius 3 is 2.70 bits per heavy atom. The van der Waals surface area contributed by atoms with Crippen molar-refractivity contribution in [2.45, 2.75) is 30.7 Å². The van der Waals surface area contributed by atoms with Gasteiger partial charge in [0.2, 0.25) is 10.0 Å². The molecule has 1 aliphatic rings. The van der Waals surface area contributed by atoms with Gasteiger partial charge in [-0.15, -0.1) is 0 Å². The summed E-state index contributed by atoms with van der Waals surface area (Å²) in [5.41, 5.74) is 2.26. The highest BCUT2D eigenvalue weighted by Crippen LogP contribution is 2.35. The molecule has 0 aliphatic carbocycles. The van der Waals surface area contributed by atoms with Crippen LogP contribution in [0.25, 0.3) is 10.8 Å². The average Bonchev–Trinajstić information content (AvgIpc) is 3.12. The topological polar surface area (TPSA) is 75.4 Å². The predicted octanol–water partition coefficient (Wildman–Crippen LogP) is 3.77. The van der Waals surface area contributed by atoms with Crippen LogP contribution in [-0.4, -0.2) is 32.5 Å². The molecule has 1 N–H and O–H groups in total. The van der Waals surface area contributed by atoms with E-state index >= 15 is 0 Å². The van der Waals surface area contributed by atoms with E-state index in [1.807, 2.05) is 6.07 Å². The highest BCUT2D eigenvalue weighted by atomic mass is 35.5. The van der Waals surface area contributed by atoms with Crippen molar-refractivity contribution < 1.29 is 12.8 Å². The van der Waals surface area contributed by atoms with Crippen molar-refractivity contribution >= 4 is 38.1 Å². The van der Waals surface area contributed by atoms with E-state index in [1.54, 1.807) is 6.20 Å². The minimum Gasteiger partial charge on any atom is -0.471 e. The molecule has 0 amide bonds. The molecule has 1 fully saturated rings. The van der Waals surface area contributed by atoms with Crippen molar-refractivity contribution in [3.05, 3.63) is 53.7 Å². The Balaban J connectivity index is 1.56. The van der Waals surface area contributed by atoms with Gasteiger partial charge in [-0.05, 0) is 35.1 Å². The van der Waals surface area contributed by atoms with Gasteiger partial charge in [0.25, 0.3) is 0 Å². The molecule has 0 atom stereocenters. The van der Waals surface area contributed by atoms with Crippen LogP contribution in [0.1, 0.15) is 25.3 Å². The van der Waals surface area contributed by atoms with E-state index < -0.39 is 10.0 Å². The maximum Gasteiger partial charge on any atom is 0.244 e. The third-order valence-electron chi connectivity index (χ3n) is 4.85. The number of rotatable bonds is 5. The van der Waals surface area contributed by atoms with E-state index in [-0.39, 0.29) is 10.9 Å². The Kier molecular flexibility index (Phi) is 4.61. The number of benzene rings is 1. The number of furan rings is 1. The molecule has 0 radical (unpaired) electrons. The van der Waals surface area contributed by atoms with Crippen LogP contribution in [0, 0.1) is 0 Å². The molecular weight excluding hydrogens is 386 g/mol. The fraction of sp³-hybridized carbons (Fsp3) is 0.316. The van der Waals surface area contributed by atoms with Crippen LogP contribution in [0.4, 0.5) is 5.69 Å². The van der Waals surface area contributed by atoms with Gasteiger partial charge in [-0.2, -0.15) is 0 Å². The lowest BCUT2D eigenvalue weighted by atomic mass is 9.95. The van der Waals surface area contributed by atoms with Crippen molar-refractivity contribution in [2.24, 2.45) is 0 Å². The number of hydrogen-bond donors (Lipinski definition) is 1. The summed E-state index contributed by atoms with van der Waals surface area (Å²) in [6, 6.07) is 7.38. The molecule has 0 unspecified atom stereocenters. The van der Waals surface area contributed by atoms with Crippen molar-refractivity contribution in [1.29, 1.82) is 0 Å². The highest BCUT2D eigenvalue weighted by Gasteiger charge is 2.32. The van der Waals surface area contributed by atoms with Gasteiger partial charge in [0, 0.05) is 30.4 Å². The van der Waals surface area contributed by atoms with E-state index in [2.05, 4.69) is 40.6 Å². The lowest BCUT2D eigenvalue weighted by molar-refractivity contribution is 0.469. The molecule has 3 heterocycles. The van der Waals surface area contributed by atoms with Crippen LogP contribution in [0.2, 0.25) is 5.15 Å². The first-order chi connectivity index (χ1) is 12.8. The Hall–Kier alpha value is -2.09. The second kappa shape index (κ2) is 6.82. The molecule has 0 spiro atoms. The molecule has 0 bridgehead atoms. The third-order valence-corrected chi connectivity index (χ3v) is 6.55. The summed E-state index contributed by atoms with van der Waals surface area (Å²) in [6.45, 7) is 5.48. The normalized spacial score (nSPS) is 15.5. The quantitative estimate of drug-likeness (QED) is 0.654. The van der Waals surface area contributed by atoms with E-state index in [0.717, 1.165) is 16.5 Å². The molecule has 3 aromatic rings. The zero-order chi connectivity index (χ0) is 19.2. The van der Waals surface area contributed by atoms with Crippen molar-refractivity contribution in [3.63, 3.8) is 0 Å². The highest BCUT2D eigenvalue weighted by molar-refractivity contribution is 7.89. The molecule has 6 nitrogen and oxygen atoms in total. The number of fused-ring (bicyclic) bond motifs is 1. The van der Waals surface area contributed by atoms with Gasteiger partial charge in [0.1, 0.15) is 16.3 Å². The van der Waals surface area contributed by atoms with Gasteiger partial charge >= 0.3 is 0 Å². The van der Waals surface area contributed by atoms with Gasteiger partial charge < -0.3 is 9.32 Å². The number of hydrogen-bond acceptors (Lipinski definition) is 5. The van der Waals surface area contributed by atoms with Crippen LogP contribution >= 0.6 is 11.6 Å². The minimum atomic E-state index is -3.55. The van der Waals surface area contributed by atoms with Crippen molar-refractivity contribution in [2.75, 3.05) is 18.0 Å². The maximum absolute atomic E-state index is 12.3. The Morgan fingerprint density at radius 2 is 2.04 bits per heavy atom. The van der Waals surface area contributed by atoms with Gasteiger partial charge in [-0.3, -0.25) is 0 Å². The monoisotopic (exact) mass is 405 g/mol. The van der Waals surface area contributed by atoms with Crippen LogP contribution in [0.3, 0.4) is 0 Å². The molecule has 142 valence electrons. The summed E-state index contributed by atoms with van der Waals surface area (Å²) in [4.78, 5) is 6.53. The molecule has 4 rings (SSSR count). The fourth-order valence-corrected chi connectivity index (χ4v) is 4.74. The zero-order valence-electron chi connectivity index (χ0n) is 15.0. The molecule has 8 heteroatoms. The van der Waals surface area contributed by atoms with Gasteiger partial charge in [0.05, 0.1) is 12.3 Å². The number of halogens is 1. The number of nitrogens with one attached hydrogen (secondary N) is 1. The van der Waals surface area contributed by atoms with E-state index in [1.165, 1.54) is 24.2 Å². The predicted molar refractivity (Wildman–Crippen MR) is 106 cm³/mol. The molecular formula is C19H20ClN3O3S. The van der Waals surface area contributed by atoms with Gasteiger partial charge in [-0.25, -0.2) is 18.1 Å². The second-order valence-corrected chi connectivity index (χ2v) is 9.16. The summed E-state index contributed by atoms with van der Waals surface area (Å²) in [5.74, 6) is 0.367. The minimum absolute atomic E-state index is 0.145. The van der Waals surface area contributed by atoms with E-state index in [4.69, 9.17) is 16.0 Å². The Labute approximate surface area is 163 Å². The van der Waals surface area contributed by atoms with Gasteiger partial charge in [0.15, 0.2) is 0 Å². The maximum atomic E-state index is 12.3. The summed E-state index contributed by atoms with van der Waals surface area (Å²) in [6.07, 6.45) is 4.37.